The van der Waals surface area contributed by atoms with E-state index in [2.05, 4.69) is 16.0 Å². The summed E-state index contributed by atoms with van der Waals surface area (Å²) in [4.78, 5) is 37.4. The molecule has 2 aromatic carbocycles. The van der Waals surface area contributed by atoms with E-state index >= 15 is 0 Å². The van der Waals surface area contributed by atoms with Crippen molar-refractivity contribution in [2.75, 3.05) is 37.3 Å². The Hall–Kier alpha value is -3.19. The van der Waals surface area contributed by atoms with Crippen LogP contribution < -0.4 is 20.9 Å². The van der Waals surface area contributed by atoms with Crippen LogP contribution in [0.4, 0.5) is 11.4 Å². The molecule has 3 amide bonds. The first-order valence-electron chi connectivity index (χ1n) is 9.33. The number of carbonyl (C=O) groups excluding carboxylic acids is 3. The second kappa shape index (κ2) is 10.8. The van der Waals surface area contributed by atoms with Crippen LogP contribution in [0.3, 0.4) is 0 Å². The van der Waals surface area contributed by atoms with Crippen LogP contribution in [-0.4, -0.2) is 44.4 Å². The largest absolute Gasteiger partial charge is 0.351 e. The number of quaternary nitrogens is 1. The van der Waals surface area contributed by atoms with E-state index in [4.69, 9.17) is 0 Å². The molecular formula is C21H27N4O3+. The molecule has 7 heteroatoms. The predicted molar refractivity (Wildman–Crippen MR) is 109 cm³/mol. The Bertz CT molecular complexity index is 808. The molecule has 0 heterocycles. The quantitative estimate of drug-likeness (QED) is 0.519. The van der Waals surface area contributed by atoms with Crippen molar-refractivity contribution in [1.82, 2.24) is 5.32 Å². The number of benzene rings is 2. The molecule has 0 aromatic heterocycles. The Morgan fingerprint density at radius 2 is 1.50 bits per heavy atom. The normalized spacial score (nSPS) is 11.4. The molecule has 0 saturated carbocycles. The predicted octanol–water partition coefficient (Wildman–Crippen LogP) is 0.918. The number of anilines is 2. The summed E-state index contributed by atoms with van der Waals surface area (Å²) in [5, 5.41) is 8.37. The van der Waals surface area contributed by atoms with Gasteiger partial charge in [0.1, 0.15) is 0 Å². The number of carbonyl (C=O) groups is 3. The highest BCUT2D eigenvalue weighted by Gasteiger charge is 2.17. The molecule has 7 nitrogen and oxygen atoms in total. The summed E-state index contributed by atoms with van der Waals surface area (Å²) < 4.78 is 0. The van der Waals surface area contributed by atoms with Crippen LogP contribution in [0.5, 0.6) is 0 Å². The molecule has 2 aromatic rings. The summed E-state index contributed by atoms with van der Waals surface area (Å²) in [5.74, 6) is -0.655. The minimum Gasteiger partial charge on any atom is -0.351 e. The van der Waals surface area contributed by atoms with Gasteiger partial charge in [-0.1, -0.05) is 37.3 Å². The van der Waals surface area contributed by atoms with E-state index in [-0.39, 0.29) is 30.8 Å². The molecule has 0 aliphatic rings. The monoisotopic (exact) mass is 383 g/mol. The molecule has 0 spiro atoms. The van der Waals surface area contributed by atoms with Gasteiger partial charge in [-0.2, -0.15) is 0 Å². The zero-order valence-corrected chi connectivity index (χ0v) is 16.2. The first-order valence-corrected chi connectivity index (χ1v) is 9.33. The summed E-state index contributed by atoms with van der Waals surface area (Å²) in [6.45, 7) is 2.94. The number of hydrogen-bond acceptors (Lipinski definition) is 3. The zero-order valence-electron chi connectivity index (χ0n) is 16.2. The molecule has 0 radical (unpaired) electrons. The van der Waals surface area contributed by atoms with E-state index in [1.807, 2.05) is 25.1 Å². The summed E-state index contributed by atoms with van der Waals surface area (Å²) in [6.07, 6.45) is 0.868. The fourth-order valence-corrected chi connectivity index (χ4v) is 2.64. The topological polar surface area (TPSA) is 91.7 Å². The third kappa shape index (κ3) is 6.85. The summed E-state index contributed by atoms with van der Waals surface area (Å²) >= 11 is 0. The van der Waals surface area contributed by atoms with E-state index in [0.29, 0.717) is 23.5 Å². The van der Waals surface area contributed by atoms with Gasteiger partial charge in [-0.15, -0.1) is 0 Å². The van der Waals surface area contributed by atoms with Gasteiger partial charge in [0.25, 0.3) is 17.7 Å². The van der Waals surface area contributed by atoms with Crippen LogP contribution in [0.15, 0.2) is 54.6 Å². The number of rotatable bonds is 9. The highest BCUT2D eigenvalue weighted by atomic mass is 16.2. The van der Waals surface area contributed by atoms with Gasteiger partial charge in [-0.05, 0) is 30.7 Å². The van der Waals surface area contributed by atoms with Gasteiger partial charge in [0.2, 0.25) is 0 Å². The average Bonchev–Trinajstić information content (AvgIpc) is 2.67. The molecule has 0 fully saturated rings. The molecule has 0 saturated heterocycles. The van der Waals surface area contributed by atoms with Crippen molar-refractivity contribution in [2.24, 2.45) is 0 Å². The molecular weight excluding hydrogens is 356 g/mol. The van der Waals surface area contributed by atoms with Gasteiger partial charge in [0, 0.05) is 12.2 Å². The standard InChI is InChI=1S/C21H26N4O3/c1-3-13-22-19(26)14-25(2)15-20(27)24-18-12-8-7-11-17(18)21(28)23-16-9-5-4-6-10-16/h4-12H,3,13-15H2,1-2H3,(H,22,26)(H,23,28)(H,24,27)/p+1. The lowest BCUT2D eigenvalue weighted by molar-refractivity contribution is -0.862. The van der Waals surface area contributed by atoms with Crippen molar-refractivity contribution in [3.63, 3.8) is 0 Å². The average molecular weight is 383 g/mol. The Balaban J connectivity index is 1.95. The van der Waals surface area contributed by atoms with Crippen molar-refractivity contribution in [3.05, 3.63) is 60.2 Å². The Morgan fingerprint density at radius 1 is 0.857 bits per heavy atom. The maximum atomic E-state index is 12.6. The fraction of sp³-hybridized carbons (Fsp3) is 0.286. The molecule has 1 unspecified atom stereocenters. The van der Waals surface area contributed by atoms with E-state index in [1.165, 1.54) is 0 Å². The maximum Gasteiger partial charge on any atom is 0.279 e. The van der Waals surface area contributed by atoms with Crippen molar-refractivity contribution in [2.45, 2.75) is 13.3 Å². The van der Waals surface area contributed by atoms with Crippen LogP contribution in [0.1, 0.15) is 23.7 Å². The van der Waals surface area contributed by atoms with Crippen molar-refractivity contribution in [1.29, 1.82) is 0 Å². The first-order chi connectivity index (χ1) is 13.5. The van der Waals surface area contributed by atoms with E-state index in [9.17, 15) is 14.4 Å². The lowest BCUT2D eigenvalue weighted by atomic mass is 10.1. The Labute approximate surface area is 165 Å². The third-order valence-electron chi connectivity index (χ3n) is 3.97. The van der Waals surface area contributed by atoms with Gasteiger partial charge in [-0.25, -0.2) is 0 Å². The SMILES string of the molecule is CCCNC(=O)C[NH+](C)CC(=O)Nc1ccccc1C(=O)Nc1ccccc1. The van der Waals surface area contributed by atoms with Gasteiger partial charge >= 0.3 is 0 Å². The smallest absolute Gasteiger partial charge is 0.279 e. The Morgan fingerprint density at radius 3 is 2.21 bits per heavy atom. The molecule has 28 heavy (non-hydrogen) atoms. The second-order valence-corrected chi connectivity index (χ2v) is 6.57. The molecule has 0 aliphatic heterocycles. The number of nitrogens with one attached hydrogen (secondary N) is 4. The molecule has 2 rings (SSSR count). The van der Waals surface area contributed by atoms with Gasteiger partial charge in [0.05, 0.1) is 18.3 Å². The maximum absolute atomic E-state index is 12.6. The Kier molecular flexibility index (Phi) is 8.17. The number of likely N-dealkylation sites (N-methyl/N-ethyl adjacent to an activating group) is 1. The van der Waals surface area contributed by atoms with Crippen molar-refractivity contribution in [3.8, 4) is 0 Å². The van der Waals surface area contributed by atoms with Crippen LogP contribution >= 0.6 is 0 Å². The third-order valence-corrected chi connectivity index (χ3v) is 3.97. The molecule has 0 bridgehead atoms. The van der Waals surface area contributed by atoms with Gasteiger partial charge in [-0.3, -0.25) is 14.4 Å². The summed E-state index contributed by atoms with van der Waals surface area (Å²) in [5.41, 5.74) is 1.48. The van der Waals surface area contributed by atoms with Gasteiger partial charge < -0.3 is 20.9 Å². The lowest BCUT2D eigenvalue weighted by Gasteiger charge is -2.15. The molecule has 1 atom stereocenters. The molecule has 0 aliphatic carbocycles. The van der Waals surface area contributed by atoms with E-state index in [0.717, 1.165) is 11.3 Å². The zero-order chi connectivity index (χ0) is 20.4. The minimum absolute atomic E-state index is 0.0882. The van der Waals surface area contributed by atoms with Crippen LogP contribution in [0, 0.1) is 0 Å². The number of para-hydroxylation sites is 2. The first kappa shape index (κ1) is 21.1. The summed E-state index contributed by atoms with van der Waals surface area (Å²) in [7, 11) is 1.78. The van der Waals surface area contributed by atoms with E-state index in [1.54, 1.807) is 43.4 Å². The van der Waals surface area contributed by atoms with Crippen LogP contribution in [0.2, 0.25) is 0 Å². The van der Waals surface area contributed by atoms with Crippen molar-refractivity contribution >= 4 is 29.1 Å². The number of amides is 3. The fourth-order valence-electron chi connectivity index (χ4n) is 2.64. The van der Waals surface area contributed by atoms with Crippen molar-refractivity contribution < 1.29 is 19.3 Å². The molecule has 4 N–H and O–H groups in total. The van der Waals surface area contributed by atoms with Gasteiger partial charge in [0.15, 0.2) is 13.1 Å². The molecule has 148 valence electrons. The highest BCUT2D eigenvalue weighted by molar-refractivity contribution is 6.10. The minimum atomic E-state index is -0.304. The number of hydrogen-bond donors (Lipinski definition) is 4. The van der Waals surface area contributed by atoms with Crippen LogP contribution in [-0.2, 0) is 9.59 Å². The van der Waals surface area contributed by atoms with Crippen LogP contribution in [0.25, 0.3) is 0 Å². The lowest BCUT2D eigenvalue weighted by Crippen LogP contribution is -3.11. The summed E-state index contributed by atoms with van der Waals surface area (Å²) in [6, 6.07) is 15.9. The van der Waals surface area contributed by atoms with E-state index < -0.39 is 0 Å². The highest BCUT2D eigenvalue weighted by Crippen LogP contribution is 2.17. The second-order valence-electron chi connectivity index (χ2n) is 6.57.